The molecule has 0 N–H and O–H groups in total. The van der Waals surface area contributed by atoms with Gasteiger partial charge in [-0.1, -0.05) is 73.1 Å². The zero-order valence-electron chi connectivity index (χ0n) is 11.7. The molecule has 2 unspecified atom stereocenters. The van der Waals surface area contributed by atoms with E-state index in [2.05, 4.69) is 34.6 Å². The summed E-state index contributed by atoms with van der Waals surface area (Å²) in [4.78, 5) is 0. The SMILES string of the molecule is CCCCCC(C)C(CCCC)C(C)C. The molecule has 0 aromatic rings. The summed E-state index contributed by atoms with van der Waals surface area (Å²) in [6.45, 7) is 11.9. The van der Waals surface area contributed by atoms with E-state index in [1.807, 2.05) is 0 Å². The van der Waals surface area contributed by atoms with Gasteiger partial charge in [0.1, 0.15) is 0 Å². The van der Waals surface area contributed by atoms with Crippen molar-refractivity contribution in [3.8, 4) is 0 Å². The highest BCUT2D eigenvalue weighted by Gasteiger charge is 2.19. The van der Waals surface area contributed by atoms with Crippen molar-refractivity contribution in [1.29, 1.82) is 0 Å². The molecule has 0 radical (unpaired) electrons. The van der Waals surface area contributed by atoms with Crippen molar-refractivity contribution in [3.05, 3.63) is 0 Å². The maximum atomic E-state index is 2.47. The van der Waals surface area contributed by atoms with E-state index in [0.717, 1.165) is 17.8 Å². The van der Waals surface area contributed by atoms with Crippen LogP contribution in [0.3, 0.4) is 0 Å². The van der Waals surface area contributed by atoms with Gasteiger partial charge in [-0.2, -0.15) is 0 Å². The third-order valence-electron chi connectivity index (χ3n) is 3.74. The van der Waals surface area contributed by atoms with Crippen LogP contribution in [-0.4, -0.2) is 0 Å². The minimum atomic E-state index is 0.869. The molecule has 0 bridgehead atoms. The van der Waals surface area contributed by atoms with Crippen molar-refractivity contribution in [1.82, 2.24) is 0 Å². The summed E-state index contributed by atoms with van der Waals surface area (Å²) in [5.74, 6) is 2.76. The standard InChI is InChI=1S/C15H32/c1-6-8-10-11-14(5)15(13(3)4)12-9-7-2/h13-15H,6-12H2,1-5H3. The fourth-order valence-corrected chi connectivity index (χ4v) is 2.65. The lowest BCUT2D eigenvalue weighted by Gasteiger charge is -2.27. The van der Waals surface area contributed by atoms with E-state index in [1.54, 1.807) is 0 Å². The molecule has 0 fully saturated rings. The first-order valence-electron chi connectivity index (χ1n) is 7.13. The van der Waals surface area contributed by atoms with E-state index in [0.29, 0.717) is 0 Å². The molecule has 0 heterocycles. The van der Waals surface area contributed by atoms with E-state index in [-0.39, 0.29) is 0 Å². The Bertz CT molecular complexity index is 126. The summed E-state index contributed by atoms with van der Waals surface area (Å²) in [7, 11) is 0. The van der Waals surface area contributed by atoms with Crippen molar-refractivity contribution in [3.63, 3.8) is 0 Å². The summed E-state index contributed by atoms with van der Waals surface area (Å²) in [6.07, 6.45) is 9.87. The zero-order valence-corrected chi connectivity index (χ0v) is 11.7. The first-order chi connectivity index (χ1) is 7.13. The van der Waals surface area contributed by atoms with Crippen molar-refractivity contribution < 1.29 is 0 Å². The molecule has 92 valence electrons. The van der Waals surface area contributed by atoms with Crippen molar-refractivity contribution in [2.24, 2.45) is 17.8 Å². The predicted molar refractivity (Wildman–Crippen MR) is 71.2 cm³/mol. The lowest BCUT2D eigenvalue weighted by atomic mass is 9.78. The molecule has 0 spiro atoms. The van der Waals surface area contributed by atoms with E-state index in [4.69, 9.17) is 0 Å². The van der Waals surface area contributed by atoms with Gasteiger partial charge in [0.15, 0.2) is 0 Å². The molecule has 0 aliphatic heterocycles. The van der Waals surface area contributed by atoms with E-state index >= 15 is 0 Å². The molecule has 0 aromatic heterocycles. The third kappa shape index (κ3) is 6.98. The van der Waals surface area contributed by atoms with Crippen molar-refractivity contribution in [2.75, 3.05) is 0 Å². The van der Waals surface area contributed by atoms with Gasteiger partial charge in [0.25, 0.3) is 0 Å². The summed E-state index contributed by atoms with van der Waals surface area (Å²) >= 11 is 0. The van der Waals surface area contributed by atoms with Crippen LogP contribution < -0.4 is 0 Å². The molecule has 0 amide bonds. The molecule has 0 aromatic carbocycles. The number of rotatable bonds is 9. The number of hydrogen-bond acceptors (Lipinski definition) is 0. The van der Waals surface area contributed by atoms with Crippen LogP contribution in [-0.2, 0) is 0 Å². The monoisotopic (exact) mass is 212 g/mol. The first-order valence-corrected chi connectivity index (χ1v) is 7.13. The molecule has 0 saturated heterocycles. The highest BCUT2D eigenvalue weighted by Crippen LogP contribution is 2.29. The van der Waals surface area contributed by atoms with Crippen LogP contribution in [0, 0.1) is 17.8 Å². The maximum absolute atomic E-state index is 2.47. The van der Waals surface area contributed by atoms with Gasteiger partial charge in [0, 0.05) is 0 Å². The maximum Gasteiger partial charge on any atom is -0.0365 e. The van der Waals surface area contributed by atoms with Crippen LogP contribution in [0.1, 0.15) is 79.6 Å². The number of unbranched alkanes of at least 4 members (excludes halogenated alkanes) is 3. The highest BCUT2D eigenvalue weighted by molar-refractivity contribution is 4.70. The molecule has 0 aliphatic rings. The topological polar surface area (TPSA) is 0 Å². The Morgan fingerprint density at radius 3 is 1.80 bits per heavy atom. The van der Waals surface area contributed by atoms with Crippen LogP contribution in [0.4, 0.5) is 0 Å². The Morgan fingerprint density at radius 2 is 1.33 bits per heavy atom. The normalized spacial score (nSPS) is 15.6. The third-order valence-corrected chi connectivity index (χ3v) is 3.74. The Balaban J connectivity index is 3.87. The molecular weight excluding hydrogens is 180 g/mol. The Morgan fingerprint density at radius 1 is 0.733 bits per heavy atom. The molecule has 0 nitrogen and oxygen atoms in total. The average Bonchev–Trinajstić information content (AvgIpc) is 2.18. The quantitative estimate of drug-likeness (QED) is 0.432. The molecule has 0 heteroatoms. The van der Waals surface area contributed by atoms with Gasteiger partial charge in [-0.15, -0.1) is 0 Å². The van der Waals surface area contributed by atoms with Crippen LogP contribution in [0.25, 0.3) is 0 Å². The smallest absolute Gasteiger partial charge is 0.0365 e. The van der Waals surface area contributed by atoms with Crippen LogP contribution >= 0.6 is 0 Å². The molecule has 0 aliphatic carbocycles. The van der Waals surface area contributed by atoms with Crippen LogP contribution in [0.2, 0.25) is 0 Å². The van der Waals surface area contributed by atoms with Crippen LogP contribution in [0.5, 0.6) is 0 Å². The number of hydrogen-bond donors (Lipinski definition) is 0. The van der Waals surface area contributed by atoms with Gasteiger partial charge in [-0.3, -0.25) is 0 Å². The summed E-state index contributed by atoms with van der Waals surface area (Å²) in [5, 5.41) is 0. The fraction of sp³-hybridized carbons (Fsp3) is 1.00. The largest absolute Gasteiger partial charge is 0.0654 e. The lowest BCUT2D eigenvalue weighted by molar-refractivity contribution is 0.232. The van der Waals surface area contributed by atoms with Crippen molar-refractivity contribution >= 4 is 0 Å². The van der Waals surface area contributed by atoms with Gasteiger partial charge in [-0.05, 0) is 24.2 Å². The Hall–Kier alpha value is 0. The van der Waals surface area contributed by atoms with Gasteiger partial charge >= 0.3 is 0 Å². The Kier molecular flexibility index (Phi) is 9.24. The second-order valence-electron chi connectivity index (χ2n) is 5.52. The molecule has 15 heavy (non-hydrogen) atoms. The van der Waals surface area contributed by atoms with Gasteiger partial charge in [0.05, 0.1) is 0 Å². The highest BCUT2D eigenvalue weighted by atomic mass is 14.2. The Labute approximate surface area is 97.8 Å². The molecule has 2 atom stereocenters. The van der Waals surface area contributed by atoms with E-state index in [1.165, 1.54) is 44.9 Å². The summed E-state index contributed by atoms with van der Waals surface area (Å²) in [5.41, 5.74) is 0. The summed E-state index contributed by atoms with van der Waals surface area (Å²) < 4.78 is 0. The van der Waals surface area contributed by atoms with Crippen LogP contribution in [0.15, 0.2) is 0 Å². The molecule has 0 rings (SSSR count). The van der Waals surface area contributed by atoms with E-state index in [9.17, 15) is 0 Å². The second-order valence-corrected chi connectivity index (χ2v) is 5.52. The second kappa shape index (κ2) is 9.24. The van der Waals surface area contributed by atoms with E-state index < -0.39 is 0 Å². The lowest BCUT2D eigenvalue weighted by Crippen LogP contribution is -2.18. The van der Waals surface area contributed by atoms with Gasteiger partial charge in [-0.25, -0.2) is 0 Å². The fourth-order valence-electron chi connectivity index (χ4n) is 2.65. The zero-order chi connectivity index (χ0) is 11.7. The molecular formula is C15H32. The first kappa shape index (κ1) is 15.0. The average molecular weight is 212 g/mol. The predicted octanol–water partition coefficient (Wildman–Crippen LogP) is 5.67. The minimum Gasteiger partial charge on any atom is -0.0654 e. The van der Waals surface area contributed by atoms with Gasteiger partial charge < -0.3 is 0 Å². The minimum absolute atomic E-state index is 0.869. The van der Waals surface area contributed by atoms with Crippen molar-refractivity contribution in [2.45, 2.75) is 79.6 Å². The molecule has 0 saturated carbocycles. The summed E-state index contributed by atoms with van der Waals surface area (Å²) in [6, 6.07) is 0. The van der Waals surface area contributed by atoms with Gasteiger partial charge in [0.2, 0.25) is 0 Å².